The lowest BCUT2D eigenvalue weighted by Crippen LogP contribution is -2.33. The van der Waals surface area contributed by atoms with E-state index in [-0.39, 0.29) is 5.41 Å². The van der Waals surface area contributed by atoms with Crippen molar-refractivity contribution in [2.75, 3.05) is 13.1 Å². The zero-order chi connectivity index (χ0) is 13.6. The predicted molar refractivity (Wildman–Crippen MR) is 81.5 cm³/mol. The van der Waals surface area contributed by atoms with Gasteiger partial charge in [0.15, 0.2) is 0 Å². The number of benzene rings is 1. The van der Waals surface area contributed by atoms with Crippen molar-refractivity contribution in [3.05, 3.63) is 34.3 Å². The smallest absolute Gasteiger partial charge is 0.0440 e. The number of rotatable bonds is 7. The number of aryl methyl sites for hydroxylation is 1. The van der Waals surface area contributed by atoms with Gasteiger partial charge in [0.2, 0.25) is 0 Å². The molecule has 0 heterocycles. The van der Waals surface area contributed by atoms with Crippen LogP contribution in [0.3, 0.4) is 0 Å². The molecule has 0 amide bonds. The van der Waals surface area contributed by atoms with Crippen molar-refractivity contribution in [3.63, 3.8) is 0 Å². The Kier molecular flexibility index (Phi) is 6.17. The molecule has 0 aromatic heterocycles. The average molecular weight is 268 g/mol. The van der Waals surface area contributed by atoms with Gasteiger partial charge in [0.25, 0.3) is 0 Å². The monoisotopic (exact) mass is 267 g/mol. The molecule has 102 valence electrons. The van der Waals surface area contributed by atoms with Crippen molar-refractivity contribution >= 4 is 11.6 Å². The van der Waals surface area contributed by atoms with E-state index in [1.165, 1.54) is 17.5 Å². The first-order chi connectivity index (χ1) is 8.50. The van der Waals surface area contributed by atoms with E-state index in [1.54, 1.807) is 0 Å². The van der Waals surface area contributed by atoms with Gasteiger partial charge in [0.1, 0.15) is 0 Å². The van der Waals surface area contributed by atoms with Crippen LogP contribution in [0.1, 0.15) is 44.7 Å². The Hall–Kier alpha value is -0.530. The fourth-order valence-electron chi connectivity index (χ4n) is 2.13. The summed E-state index contributed by atoms with van der Waals surface area (Å²) >= 11 is 6.33. The summed E-state index contributed by atoms with van der Waals surface area (Å²) in [6, 6.07) is 6.38. The molecule has 1 nitrogen and oxygen atoms in total. The molecule has 0 aliphatic heterocycles. The summed E-state index contributed by atoms with van der Waals surface area (Å²) in [5, 5.41) is 4.44. The highest BCUT2D eigenvalue weighted by molar-refractivity contribution is 6.31. The molecular formula is C16H26ClN. The van der Waals surface area contributed by atoms with Gasteiger partial charge in [-0.25, -0.2) is 0 Å². The van der Waals surface area contributed by atoms with Crippen LogP contribution in [-0.4, -0.2) is 13.1 Å². The molecule has 0 aliphatic rings. The Bertz CT molecular complexity index is 375. The third-order valence-electron chi connectivity index (χ3n) is 3.66. The summed E-state index contributed by atoms with van der Waals surface area (Å²) < 4.78 is 0. The summed E-state index contributed by atoms with van der Waals surface area (Å²) in [6.45, 7) is 11.0. The topological polar surface area (TPSA) is 12.0 Å². The van der Waals surface area contributed by atoms with Crippen LogP contribution in [-0.2, 0) is 6.42 Å². The Morgan fingerprint density at radius 1 is 1.28 bits per heavy atom. The average Bonchev–Trinajstić information content (AvgIpc) is 2.33. The van der Waals surface area contributed by atoms with Crippen molar-refractivity contribution in [3.8, 4) is 0 Å². The van der Waals surface area contributed by atoms with E-state index in [0.29, 0.717) is 0 Å². The van der Waals surface area contributed by atoms with Crippen molar-refractivity contribution in [1.29, 1.82) is 0 Å². The van der Waals surface area contributed by atoms with Crippen LogP contribution in [0.5, 0.6) is 0 Å². The van der Waals surface area contributed by atoms with Crippen molar-refractivity contribution in [2.24, 2.45) is 5.41 Å². The van der Waals surface area contributed by atoms with Gasteiger partial charge in [0, 0.05) is 11.6 Å². The lowest BCUT2D eigenvalue weighted by Gasteiger charge is -2.29. The van der Waals surface area contributed by atoms with Crippen molar-refractivity contribution in [2.45, 2.75) is 47.0 Å². The third-order valence-corrected chi connectivity index (χ3v) is 4.01. The normalized spacial score (nSPS) is 14.5. The first-order valence-corrected chi connectivity index (χ1v) is 7.34. The van der Waals surface area contributed by atoms with Gasteiger partial charge in [-0.2, -0.15) is 0 Å². The molecule has 1 N–H and O–H groups in total. The number of halogens is 1. The zero-order valence-corrected chi connectivity index (χ0v) is 12.9. The van der Waals surface area contributed by atoms with Crippen molar-refractivity contribution < 1.29 is 0 Å². The quantitative estimate of drug-likeness (QED) is 0.712. The summed E-state index contributed by atoms with van der Waals surface area (Å²) in [4.78, 5) is 0. The molecule has 0 spiro atoms. The first-order valence-electron chi connectivity index (χ1n) is 6.96. The molecule has 0 bridgehead atoms. The van der Waals surface area contributed by atoms with Crippen LogP contribution in [0.25, 0.3) is 0 Å². The van der Waals surface area contributed by atoms with Crippen LogP contribution in [0.4, 0.5) is 0 Å². The second kappa shape index (κ2) is 7.16. The van der Waals surface area contributed by atoms with Gasteiger partial charge in [-0.15, -0.1) is 0 Å². The van der Waals surface area contributed by atoms with Crippen LogP contribution >= 0.6 is 11.6 Å². The minimum Gasteiger partial charge on any atom is -0.316 e. The maximum Gasteiger partial charge on any atom is 0.0440 e. The molecule has 0 aliphatic carbocycles. The molecule has 1 unspecified atom stereocenters. The molecule has 0 radical (unpaired) electrons. The van der Waals surface area contributed by atoms with E-state index in [4.69, 9.17) is 11.6 Å². The van der Waals surface area contributed by atoms with Crippen LogP contribution < -0.4 is 5.32 Å². The van der Waals surface area contributed by atoms with E-state index >= 15 is 0 Å². The Labute approximate surface area is 117 Å². The number of nitrogens with one attached hydrogen (secondary N) is 1. The fourth-order valence-corrected chi connectivity index (χ4v) is 2.44. The van der Waals surface area contributed by atoms with Crippen LogP contribution in [0.15, 0.2) is 18.2 Å². The Balaban J connectivity index is 2.71. The molecule has 1 aromatic carbocycles. The maximum atomic E-state index is 6.33. The minimum atomic E-state index is 0.286. The predicted octanol–water partition coefficient (Wildman–Crippen LogP) is 4.61. The summed E-state index contributed by atoms with van der Waals surface area (Å²) in [5.41, 5.74) is 2.78. The van der Waals surface area contributed by atoms with E-state index < -0.39 is 0 Å². The largest absolute Gasteiger partial charge is 0.316 e. The summed E-state index contributed by atoms with van der Waals surface area (Å²) in [6.07, 6.45) is 3.39. The molecule has 0 saturated heterocycles. The van der Waals surface area contributed by atoms with Crippen LogP contribution in [0, 0.1) is 12.3 Å². The zero-order valence-electron chi connectivity index (χ0n) is 12.1. The highest BCUT2D eigenvalue weighted by Gasteiger charge is 2.23. The minimum absolute atomic E-state index is 0.286. The Morgan fingerprint density at radius 2 is 2.00 bits per heavy atom. The van der Waals surface area contributed by atoms with Gasteiger partial charge in [-0.3, -0.25) is 0 Å². The third kappa shape index (κ3) is 4.62. The van der Waals surface area contributed by atoms with Gasteiger partial charge in [0.05, 0.1) is 0 Å². The SMILES string of the molecule is CCCNCC(C)(CC)Cc1ccc(C)cc1Cl. The fraction of sp³-hybridized carbons (Fsp3) is 0.625. The molecule has 18 heavy (non-hydrogen) atoms. The van der Waals surface area contributed by atoms with Gasteiger partial charge in [-0.1, -0.05) is 44.5 Å². The molecular weight excluding hydrogens is 242 g/mol. The molecule has 0 fully saturated rings. The van der Waals surface area contributed by atoms with Crippen LogP contribution in [0.2, 0.25) is 5.02 Å². The number of hydrogen-bond acceptors (Lipinski definition) is 1. The van der Waals surface area contributed by atoms with Gasteiger partial charge < -0.3 is 5.32 Å². The van der Waals surface area contributed by atoms with E-state index in [0.717, 1.165) is 31.0 Å². The maximum absolute atomic E-state index is 6.33. The van der Waals surface area contributed by atoms with E-state index in [1.807, 2.05) is 0 Å². The first kappa shape index (κ1) is 15.5. The van der Waals surface area contributed by atoms with Gasteiger partial charge >= 0.3 is 0 Å². The number of hydrogen-bond donors (Lipinski definition) is 1. The Morgan fingerprint density at radius 3 is 2.56 bits per heavy atom. The van der Waals surface area contributed by atoms with Crippen molar-refractivity contribution in [1.82, 2.24) is 5.32 Å². The lowest BCUT2D eigenvalue weighted by molar-refractivity contribution is 0.291. The summed E-state index contributed by atoms with van der Waals surface area (Å²) in [5.74, 6) is 0. The molecule has 1 aromatic rings. The lowest BCUT2D eigenvalue weighted by atomic mass is 9.81. The molecule has 0 saturated carbocycles. The van der Waals surface area contributed by atoms with E-state index in [2.05, 4.69) is 51.2 Å². The second-order valence-electron chi connectivity index (χ2n) is 5.61. The van der Waals surface area contributed by atoms with E-state index in [9.17, 15) is 0 Å². The standard InChI is InChI=1S/C16H26ClN/c1-5-9-18-12-16(4,6-2)11-14-8-7-13(3)10-15(14)17/h7-8,10,18H,5-6,9,11-12H2,1-4H3. The molecule has 2 heteroatoms. The highest BCUT2D eigenvalue weighted by atomic mass is 35.5. The van der Waals surface area contributed by atoms with Gasteiger partial charge in [-0.05, 0) is 55.3 Å². The highest BCUT2D eigenvalue weighted by Crippen LogP contribution is 2.29. The second-order valence-corrected chi connectivity index (χ2v) is 6.02. The summed E-state index contributed by atoms with van der Waals surface area (Å²) in [7, 11) is 0. The molecule has 1 rings (SSSR count). The molecule has 1 atom stereocenters.